The Morgan fingerprint density at radius 1 is 1.50 bits per heavy atom. The van der Waals surface area contributed by atoms with Gasteiger partial charge in [-0.2, -0.15) is 0 Å². The number of benzene rings is 1. The summed E-state index contributed by atoms with van der Waals surface area (Å²) in [5.74, 6) is -0.112. The fourth-order valence-electron chi connectivity index (χ4n) is 1.37. The summed E-state index contributed by atoms with van der Waals surface area (Å²) in [7, 11) is 0.402. The Kier molecular flexibility index (Phi) is 6.52. The fourth-order valence-corrected chi connectivity index (χ4v) is 3.02. The second-order valence-corrected chi connectivity index (χ2v) is 6.27. The van der Waals surface area contributed by atoms with Gasteiger partial charge in [0, 0.05) is 23.0 Å². The van der Waals surface area contributed by atoms with Gasteiger partial charge in [-0.25, -0.2) is 0 Å². The van der Waals surface area contributed by atoms with Crippen molar-refractivity contribution in [2.24, 2.45) is 5.73 Å². The number of nitrogens with two attached hydrogens (primary N) is 1. The molecule has 6 heteroatoms. The number of rotatable bonds is 6. The fraction of sp³-hybridized carbons (Fsp3) is 0.417. The molecule has 1 rings (SSSR count). The largest absolute Gasteiger partial charge is 0.345 e. The van der Waals surface area contributed by atoms with Gasteiger partial charge in [-0.3, -0.25) is 9.00 Å². The van der Waals surface area contributed by atoms with Crippen molar-refractivity contribution < 1.29 is 9.00 Å². The number of carbonyl (C=O) groups is 1. The lowest BCUT2D eigenvalue weighted by Crippen LogP contribution is -2.32. The summed E-state index contributed by atoms with van der Waals surface area (Å²) in [6.45, 7) is 1.15. The van der Waals surface area contributed by atoms with Crippen LogP contribution in [-0.2, 0) is 15.6 Å². The summed E-state index contributed by atoms with van der Waals surface area (Å²) in [6, 6.07) is 7.19. The van der Waals surface area contributed by atoms with Crippen LogP contribution in [0, 0.1) is 0 Å². The summed E-state index contributed by atoms with van der Waals surface area (Å²) in [4.78, 5) is 14.0. The van der Waals surface area contributed by atoms with Crippen LogP contribution in [0.5, 0.6) is 0 Å². The smallest absolute Gasteiger partial charge is 0.235 e. The Morgan fingerprint density at radius 3 is 2.83 bits per heavy atom. The molecule has 0 spiro atoms. The summed E-state index contributed by atoms with van der Waals surface area (Å²) in [5.41, 5.74) is 5.38. The van der Waals surface area contributed by atoms with Crippen LogP contribution in [0.1, 0.15) is 6.42 Å². The van der Waals surface area contributed by atoms with E-state index in [2.05, 4.69) is 15.9 Å². The molecule has 1 atom stereocenters. The molecule has 0 aliphatic heterocycles. The predicted octanol–water partition coefficient (Wildman–Crippen LogP) is 1.36. The van der Waals surface area contributed by atoms with Gasteiger partial charge in [0.1, 0.15) is 5.75 Å². The molecule has 0 radical (unpaired) electrons. The zero-order chi connectivity index (χ0) is 13.5. The average molecular weight is 333 g/mol. The van der Waals surface area contributed by atoms with Crippen LogP contribution in [0.25, 0.3) is 0 Å². The number of halogens is 1. The third-order valence-electron chi connectivity index (χ3n) is 2.44. The van der Waals surface area contributed by atoms with Crippen molar-refractivity contribution >= 4 is 32.6 Å². The molecule has 1 aromatic carbocycles. The van der Waals surface area contributed by atoms with Crippen LogP contribution in [0.2, 0.25) is 0 Å². The van der Waals surface area contributed by atoms with Gasteiger partial charge in [0.2, 0.25) is 5.91 Å². The molecule has 0 heterocycles. The van der Waals surface area contributed by atoms with Crippen molar-refractivity contribution in [3.63, 3.8) is 0 Å². The Morgan fingerprint density at radius 2 is 2.22 bits per heavy atom. The first-order chi connectivity index (χ1) is 8.54. The van der Waals surface area contributed by atoms with E-state index in [1.807, 2.05) is 6.07 Å². The molecule has 100 valence electrons. The number of hydrogen-bond donors (Lipinski definition) is 1. The van der Waals surface area contributed by atoms with E-state index in [9.17, 15) is 9.00 Å². The van der Waals surface area contributed by atoms with Crippen LogP contribution in [0.4, 0.5) is 0 Å². The van der Waals surface area contributed by atoms with Gasteiger partial charge in [0.15, 0.2) is 0 Å². The maximum atomic E-state index is 12.0. The standard InChI is InChI=1S/C12H17BrN2O2S/c1-15(7-3-6-14)12(16)9-18(17)11-5-2-4-10(13)8-11/h2,4-5,8H,3,6-7,9,14H2,1H3. The van der Waals surface area contributed by atoms with Crippen LogP contribution in [0.3, 0.4) is 0 Å². The van der Waals surface area contributed by atoms with Gasteiger partial charge >= 0.3 is 0 Å². The average Bonchev–Trinajstić information content (AvgIpc) is 2.35. The molecule has 0 aliphatic carbocycles. The molecule has 0 saturated heterocycles. The summed E-state index contributed by atoms with van der Waals surface area (Å²) in [6.07, 6.45) is 0.756. The lowest BCUT2D eigenvalue weighted by Gasteiger charge is -2.16. The number of nitrogens with zero attached hydrogens (tertiary/aromatic N) is 1. The van der Waals surface area contributed by atoms with Crippen molar-refractivity contribution in [2.75, 3.05) is 25.9 Å². The van der Waals surface area contributed by atoms with E-state index >= 15 is 0 Å². The Labute approximate surface area is 118 Å². The van der Waals surface area contributed by atoms with Crippen molar-refractivity contribution in [3.05, 3.63) is 28.7 Å². The molecule has 1 amide bonds. The van der Waals surface area contributed by atoms with E-state index in [1.165, 1.54) is 0 Å². The van der Waals surface area contributed by atoms with Crippen LogP contribution >= 0.6 is 15.9 Å². The second kappa shape index (κ2) is 7.66. The molecule has 0 fully saturated rings. The highest BCUT2D eigenvalue weighted by Crippen LogP contribution is 2.15. The quantitative estimate of drug-likeness (QED) is 0.855. The maximum Gasteiger partial charge on any atom is 0.235 e. The van der Waals surface area contributed by atoms with Gasteiger partial charge in [0.05, 0.1) is 10.8 Å². The molecule has 2 N–H and O–H groups in total. The highest BCUT2D eigenvalue weighted by atomic mass is 79.9. The normalized spacial score (nSPS) is 12.2. The van der Waals surface area contributed by atoms with E-state index in [0.29, 0.717) is 18.0 Å². The molecule has 0 saturated carbocycles. The summed E-state index contributed by atoms with van der Waals surface area (Å²) >= 11 is 3.32. The van der Waals surface area contributed by atoms with Crippen LogP contribution < -0.4 is 5.73 Å². The lowest BCUT2D eigenvalue weighted by molar-refractivity contribution is -0.127. The predicted molar refractivity (Wildman–Crippen MR) is 76.7 cm³/mol. The van der Waals surface area contributed by atoms with E-state index in [1.54, 1.807) is 30.1 Å². The van der Waals surface area contributed by atoms with Crippen LogP contribution in [-0.4, -0.2) is 40.9 Å². The second-order valence-electron chi connectivity index (χ2n) is 3.90. The van der Waals surface area contributed by atoms with Crippen LogP contribution in [0.15, 0.2) is 33.6 Å². The van der Waals surface area contributed by atoms with Crippen molar-refractivity contribution in [2.45, 2.75) is 11.3 Å². The minimum absolute atomic E-state index is 0.0114. The summed E-state index contributed by atoms with van der Waals surface area (Å²) < 4.78 is 12.9. The van der Waals surface area contributed by atoms with E-state index in [4.69, 9.17) is 5.73 Å². The van der Waals surface area contributed by atoms with Crippen molar-refractivity contribution in [3.8, 4) is 0 Å². The molecular formula is C12H17BrN2O2S. The molecule has 0 aliphatic rings. The molecular weight excluding hydrogens is 316 g/mol. The third kappa shape index (κ3) is 4.88. The molecule has 4 nitrogen and oxygen atoms in total. The van der Waals surface area contributed by atoms with Crippen molar-refractivity contribution in [1.29, 1.82) is 0 Å². The zero-order valence-electron chi connectivity index (χ0n) is 10.3. The Hall–Kier alpha value is -0.720. The molecule has 0 aromatic heterocycles. The minimum atomic E-state index is -1.30. The molecule has 18 heavy (non-hydrogen) atoms. The molecule has 0 bridgehead atoms. The SMILES string of the molecule is CN(CCCN)C(=O)CS(=O)c1cccc(Br)c1. The highest BCUT2D eigenvalue weighted by molar-refractivity contribution is 9.10. The van der Waals surface area contributed by atoms with Crippen molar-refractivity contribution in [1.82, 2.24) is 4.90 Å². The van der Waals surface area contributed by atoms with Gasteiger partial charge < -0.3 is 10.6 Å². The Balaban J connectivity index is 2.57. The van der Waals surface area contributed by atoms with E-state index in [0.717, 1.165) is 10.9 Å². The maximum absolute atomic E-state index is 12.0. The lowest BCUT2D eigenvalue weighted by atomic mass is 10.4. The first-order valence-electron chi connectivity index (χ1n) is 5.62. The Bertz CT molecular complexity index is 440. The number of carbonyl (C=O) groups excluding carboxylic acids is 1. The minimum Gasteiger partial charge on any atom is -0.345 e. The molecule has 1 aromatic rings. The van der Waals surface area contributed by atoms with E-state index in [-0.39, 0.29) is 11.7 Å². The molecule has 1 unspecified atom stereocenters. The van der Waals surface area contributed by atoms with Gasteiger partial charge in [-0.05, 0) is 31.2 Å². The summed E-state index contributed by atoms with van der Waals surface area (Å²) in [5, 5.41) is 0. The zero-order valence-corrected chi connectivity index (χ0v) is 12.7. The van der Waals surface area contributed by atoms with Gasteiger partial charge in [-0.1, -0.05) is 22.0 Å². The first kappa shape index (κ1) is 15.3. The van der Waals surface area contributed by atoms with Gasteiger partial charge in [-0.15, -0.1) is 0 Å². The van der Waals surface area contributed by atoms with E-state index < -0.39 is 10.8 Å². The highest BCUT2D eigenvalue weighted by Gasteiger charge is 2.14. The first-order valence-corrected chi connectivity index (χ1v) is 7.73. The third-order valence-corrected chi connectivity index (χ3v) is 4.22. The monoisotopic (exact) mass is 332 g/mol. The topological polar surface area (TPSA) is 63.4 Å². The van der Waals surface area contributed by atoms with Gasteiger partial charge in [0.25, 0.3) is 0 Å². The number of amides is 1. The number of hydrogen-bond acceptors (Lipinski definition) is 3.